The number of pyridine rings is 1. The number of amides is 1. The van der Waals surface area contributed by atoms with E-state index in [0.29, 0.717) is 50.7 Å². The molecular weight excluding hydrogens is 487 g/mol. The molecule has 8 heteroatoms. The quantitative estimate of drug-likeness (QED) is 0.290. The first-order valence-electron chi connectivity index (χ1n) is 11.3. The molecule has 0 radical (unpaired) electrons. The maximum Gasteiger partial charge on any atom is 0.296 e. The lowest BCUT2D eigenvalue weighted by atomic mass is 9.98. The molecule has 0 N–H and O–H groups in total. The third-order valence-corrected chi connectivity index (χ3v) is 6.39. The minimum atomic E-state index is -0.764. The third-order valence-electron chi connectivity index (χ3n) is 5.93. The van der Waals surface area contributed by atoms with E-state index in [4.69, 9.17) is 32.4 Å². The van der Waals surface area contributed by atoms with Gasteiger partial charge in [-0.25, -0.2) is 4.98 Å². The number of halogens is 2. The summed E-state index contributed by atoms with van der Waals surface area (Å²) in [6.45, 7) is 4.83. The number of ether oxygens (including phenoxy) is 1. The summed E-state index contributed by atoms with van der Waals surface area (Å²) in [6, 6.07) is 14.7. The minimum Gasteiger partial charge on any atom is -0.494 e. The highest BCUT2D eigenvalue weighted by molar-refractivity contribution is 6.31. The number of hydrogen-bond donors (Lipinski definition) is 0. The molecule has 3 heterocycles. The lowest BCUT2D eigenvalue weighted by Crippen LogP contribution is -2.30. The van der Waals surface area contributed by atoms with Crippen LogP contribution in [0.2, 0.25) is 10.0 Å². The van der Waals surface area contributed by atoms with Crippen molar-refractivity contribution in [1.82, 2.24) is 4.98 Å². The molecule has 4 aromatic rings. The normalized spacial score (nSPS) is 15.2. The summed E-state index contributed by atoms with van der Waals surface area (Å²) >= 11 is 12.2. The van der Waals surface area contributed by atoms with Gasteiger partial charge in [-0.2, -0.15) is 0 Å². The van der Waals surface area contributed by atoms with Crippen LogP contribution in [0, 0.1) is 5.92 Å². The molecule has 1 aliphatic heterocycles. The van der Waals surface area contributed by atoms with Crippen LogP contribution in [-0.4, -0.2) is 17.5 Å². The van der Waals surface area contributed by atoms with Gasteiger partial charge in [-0.1, -0.05) is 49.2 Å². The first-order valence-corrected chi connectivity index (χ1v) is 12.0. The molecule has 2 aromatic heterocycles. The number of aromatic nitrogens is 1. The fourth-order valence-corrected chi connectivity index (χ4v) is 4.48. The number of nitrogens with zero attached hydrogens (tertiary/aromatic N) is 2. The molecule has 1 atom stereocenters. The second kappa shape index (κ2) is 9.36. The predicted octanol–water partition coefficient (Wildman–Crippen LogP) is 6.67. The Bertz CT molecular complexity index is 1480. The van der Waals surface area contributed by atoms with Gasteiger partial charge in [-0.15, -0.1) is 0 Å². The molecule has 0 bridgehead atoms. The molecule has 0 saturated carbocycles. The van der Waals surface area contributed by atoms with Crippen LogP contribution in [0.1, 0.15) is 48.0 Å². The van der Waals surface area contributed by atoms with E-state index in [2.05, 4.69) is 18.8 Å². The number of rotatable bonds is 6. The molecule has 0 aliphatic carbocycles. The monoisotopic (exact) mass is 508 g/mol. The average molecular weight is 509 g/mol. The Hall–Kier alpha value is -3.35. The minimum absolute atomic E-state index is 0.0160. The van der Waals surface area contributed by atoms with Crippen molar-refractivity contribution in [1.29, 1.82) is 0 Å². The van der Waals surface area contributed by atoms with Crippen LogP contribution in [0.25, 0.3) is 11.0 Å². The van der Waals surface area contributed by atoms with E-state index in [-0.39, 0.29) is 16.8 Å². The first-order chi connectivity index (χ1) is 16.8. The van der Waals surface area contributed by atoms with Gasteiger partial charge in [0.15, 0.2) is 5.43 Å². The van der Waals surface area contributed by atoms with Gasteiger partial charge in [-0.05, 0) is 60.4 Å². The molecule has 2 aromatic carbocycles. The molecule has 178 valence electrons. The first kappa shape index (κ1) is 23.4. The fraction of sp³-hybridized carbons (Fsp3) is 0.222. The second-order valence-corrected chi connectivity index (χ2v) is 9.70. The van der Waals surface area contributed by atoms with Crippen LogP contribution < -0.4 is 15.1 Å². The van der Waals surface area contributed by atoms with E-state index in [0.717, 1.165) is 6.42 Å². The lowest BCUT2D eigenvalue weighted by molar-refractivity contribution is 0.0970. The van der Waals surface area contributed by atoms with Gasteiger partial charge in [0.2, 0.25) is 5.76 Å². The Morgan fingerprint density at radius 2 is 1.86 bits per heavy atom. The Balaban J connectivity index is 1.68. The van der Waals surface area contributed by atoms with E-state index in [1.807, 2.05) is 24.3 Å². The summed E-state index contributed by atoms with van der Waals surface area (Å²) in [4.78, 5) is 33.1. The van der Waals surface area contributed by atoms with Crippen molar-refractivity contribution in [2.75, 3.05) is 11.5 Å². The number of carbonyl (C=O) groups is 1. The van der Waals surface area contributed by atoms with E-state index in [1.54, 1.807) is 30.3 Å². The summed E-state index contributed by atoms with van der Waals surface area (Å²) in [5.41, 5.74) is 0.914. The molecule has 35 heavy (non-hydrogen) atoms. The van der Waals surface area contributed by atoms with Gasteiger partial charge in [0, 0.05) is 11.2 Å². The third kappa shape index (κ3) is 4.40. The van der Waals surface area contributed by atoms with Crippen molar-refractivity contribution >= 4 is 45.9 Å². The summed E-state index contributed by atoms with van der Waals surface area (Å²) < 4.78 is 11.9. The van der Waals surface area contributed by atoms with Crippen LogP contribution >= 0.6 is 23.2 Å². The average Bonchev–Trinajstić information content (AvgIpc) is 3.13. The Kier molecular flexibility index (Phi) is 6.26. The molecular formula is C27H22Cl2N2O4. The predicted molar refractivity (Wildman–Crippen MR) is 137 cm³/mol. The van der Waals surface area contributed by atoms with Gasteiger partial charge in [-0.3, -0.25) is 14.5 Å². The van der Waals surface area contributed by atoms with Crippen molar-refractivity contribution in [2.45, 2.75) is 26.3 Å². The number of fused-ring (bicyclic) bond motifs is 2. The van der Waals surface area contributed by atoms with Crippen molar-refractivity contribution < 1.29 is 13.9 Å². The van der Waals surface area contributed by atoms with Gasteiger partial charge in [0.25, 0.3) is 5.91 Å². The largest absolute Gasteiger partial charge is 0.494 e. The highest BCUT2D eigenvalue weighted by Gasteiger charge is 2.44. The maximum atomic E-state index is 13.7. The van der Waals surface area contributed by atoms with Gasteiger partial charge in [0.05, 0.1) is 28.6 Å². The number of hydrogen-bond acceptors (Lipinski definition) is 5. The molecule has 5 rings (SSSR count). The standard InChI is InChI=1S/C27H22Cl2N2O4/c1-15(2)10-11-34-19-5-3-4-16(12-19)24-23-25(32)20-13-17(28)6-8-21(20)35-26(23)27(33)31(24)22-9-7-18(29)14-30-22/h3-9,12-15,24H,10-11H2,1-2H3. The zero-order valence-corrected chi connectivity index (χ0v) is 20.6. The Labute approximate surface area is 212 Å². The summed E-state index contributed by atoms with van der Waals surface area (Å²) in [5, 5.41) is 1.15. The van der Waals surface area contributed by atoms with Crippen LogP contribution in [0.15, 0.2) is 70.0 Å². The highest BCUT2D eigenvalue weighted by atomic mass is 35.5. The van der Waals surface area contributed by atoms with Crippen LogP contribution in [0.4, 0.5) is 5.82 Å². The van der Waals surface area contributed by atoms with Gasteiger partial charge in [0.1, 0.15) is 17.2 Å². The van der Waals surface area contributed by atoms with Crippen molar-refractivity contribution in [3.05, 3.63) is 97.9 Å². The van der Waals surface area contributed by atoms with Crippen LogP contribution in [0.3, 0.4) is 0 Å². The summed E-state index contributed by atoms with van der Waals surface area (Å²) in [7, 11) is 0. The molecule has 1 amide bonds. The molecule has 1 unspecified atom stereocenters. The van der Waals surface area contributed by atoms with E-state index >= 15 is 0 Å². The molecule has 1 aliphatic rings. The van der Waals surface area contributed by atoms with Crippen LogP contribution in [-0.2, 0) is 0 Å². The lowest BCUT2D eigenvalue weighted by Gasteiger charge is -2.24. The number of anilines is 1. The SMILES string of the molecule is CC(C)CCOc1cccc(C2c3c(oc4ccc(Cl)cc4c3=O)C(=O)N2c2ccc(Cl)cn2)c1. The fourth-order valence-electron chi connectivity index (χ4n) is 4.19. The number of carbonyl (C=O) groups excluding carboxylic acids is 1. The Morgan fingerprint density at radius 3 is 2.60 bits per heavy atom. The van der Waals surface area contributed by atoms with E-state index in [9.17, 15) is 9.59 Å². The van der Waals surface area contributed by atoms with Crippen molar-refractivity contribution in [3.63, 3.8) is 0 Å². The zero-order valence-electron chi connectivity index (χ0n) is 19.1. The summed E-state index contributed by atoms with van der Waals surface area (Å²) in [6.07, 6.45) is 2.37. The van der Waals surface area contributed by atoms with E-state index in [1.165, 1.54) is 11.1 Å². The Morgan fingerprint density at radius 1 is 1.06 bits per heavy atom. The highest BCUT2D eigenvalue weighted by Crippen LogP contribution is 2.41. The maximum absolute atomic E-state index is 13.7. The van der Waals surface area contributed by atoms with E-state index < -0.39 is 11.9 Å². The smallest absolute Gasteiger partial charge is 0.296 e. The second-order valence-electron chi connectivity index (χ2n) is 8.83. The summed E-state index contributed by atoms with van der Waals surface area (Å²) in [5.74, 6) is 1.04. The molecule has 0 fully saturated rings. The van der Waals surface area contributed by atoms with Crippen LogP contribution in [0.5, 0.6) is 5.75 Å². The molecule has 0 spiro atoms. The topological polar surface area (TPSA) is 72.6 Å². The van der Waals surface area contributed by atoms with Gasteiger partial charge < -0.3 is 9.15 Å². The molecule has 0 saturated heterocycles. The molecule has 6 nitrogen and oxygen atoms in total. The number of benzene rings is 2. The van der Waals surface area contributed by atoms with Crippen molar-refractivity contribution in [2.24, 2.45) is 5.92 Å². The zero-order chi connectivity index (χ0) is 24.7. The van der Waals surface area contributed by atoms with Gasteiger partial charge >= 0.3 is 0 Å². The van der Waals surface area contributed by atoms with Crippen molar-refractivity contribution in [3.8, 4) is 5.75 Å².